The Labute approximate surface area is 105 Å². The molecule has 1 N–H and O–H groups in total. The van der Waals surface area contributed by atoms with Gasteiger partial charge in [-0.25, -0.2) is 4.79 Å². The van der Waals surface area contributed by atoms with Crippen molar-refractivity contribution in [3.05, 3.63) is 18.5 Å². The summed E-state index contributed by atoms with van der Waals surface area (Å²) >= 11 is 0. The average molecular weight is 251 g/mol. The number of rotatable bonds is 3. The lowest BCUT2D eigenvalue weighted by Gasteiger charge is -2.36. The lowest BCUT2D eigenvalue weighted by atomic mass is 9.92. The smallest absolute Gasteiger partial charge is 0.326 e. The largest absolute Gasteiger partial charge is 0.480 e. The molecule has 2 rings (SSSR count). The van der Waals surface area contributed by atoms with Crippen molar-refractivity contribution in [2.75, 3.05) is 6.54 Å². The molecule has 1 aromatic heterocycles. The highest BCUT2D eigenvalue weighted by molar-refractivity contribution is 5.83. The molecule has 2 unspecified atom stereocenters. The van der Waals surface area contributed by atoms with Gasteiger partial charge in [0, 0.05) is 18.9 Å². The summed E-state index contributed by atoms with van der Waals surface area (Å²) in [7, 11) is 0. The van der Waals surface area contributed by atoms with Crippen molar-refractivity contribution in [3.8, 4) is 0 Å². The van der Waals surface area contributed by atoms with E-state index < -0.39 is 12.0 Å². The normalized spacial score (nSPS) is 23.9. The van der Waals surface area contributed by atoms with Crippen molar-refractivity contribution >= 4 is 11.9 Å². The second kappa shape index (κ2) is 5.20. The molecule has 0 spiro atoms. The topological polar surface area (TPSA) is 75.4 Å². The summed E-state index contributed by atoms with van der Waals surface area (Å²) in [5, 5.41) is 13.1. The number of carboxylic acids is 1. The van der Waals surface area contributed by atoms with Gasteiger partial charge in [-0.05, 0) is 24.8 Å². The van der Waals surface area contributed by atoms with E-state index >= 15 is 0 Å². The molecule has 0 aromatic carbocycles. The molecule has 1 saturated heterocycles. The quantitative estimate of drug-likeness (QED) is 0.853. The molecule has 18 heavy (non-hydrogen) atoms. The van der Waals surface area contributed by atoms with Gasteiger partial charge < -0.3 is 10.0 Å². The third-order valence-corrected chi connectivity index (χ3v) is 3.33. The number of amides is 1. The van der Waals surface area contributed by atoms with Gasteiger partial charge in [-0.2, -0.15) is 5.10 Å². The number of hydrogen-bond donors (Lipinski definition) is 1. The molecule has 1 fully saturated rings. The van der Waals surface area contributed by atoms with E-state index in [1.807, 2.05) is 6.92 Å². The van der Waals surface area contributed by atoms with Gasteiger partial charge in [-0.3, -0.25) is 9.48 Å². The van der Waals surface area contributed by atoms with E-state index in [9.17, 15) is 14.7 Å². The maximum absolute atomic E-state index is 12.1. The number of piperidine rings is 1. The first-order chi connectivity index (χ1) is 8.58. The van der Waals surface area contributed by atoms with Gasteiger partial charge in [0.1, 0.15) is 12.6 Å². The summed E-state index contributed by atoms with van der Waals surface area (Å²) in [4.78, 5) is 24.8. The minimum Gasteiger partial charge on any atom is -0.480 e. The Kier molecular flexibility index (Phi) is 3.64. The fourth-order valence-corrected chi connectivity index (χ4v) is 2.30. The Hall–Kier alpha value is -1.85. The number of aromatic nitrogens is 2. The summed E-state index contributed by atoms with van der Waals surface area (Å²) < 4.78 is 1.51. The lowest BCUT2D eigenvalue weighted by molar-refractivity contribution is -0.153. The van der Waals surface area contributed by atoms with E-state index in [0.29, 0.717) is 18.9 Å². The molecule has 0 bridgehead atoms. The van der Waals surface area contributed by atoms with Crippen LogP contribution < -0.4 is 0 Å². The zero-order chi connectivity index (χ0) is 13.1. The standard InChI is InChI=1S/C12H17N3O3/c1-9-3-6-15(10(7-9)12(17)18)11(16)8-14-5-2-4-13-14/h2,4-5,9-10H,3,6-8H2,1H3,(H,17,18). The molecule has 1 aliphatic rings. The lowest BCUT2D eigenvalue weighted by Crippen LogP contribution is -2.50. The first kappa shape index (κ1) is 12.6. The fraction of sp³-hybridized carbons (Fsp3) is 0.583. The number of nitrogens with zero attached hydrogens (tertiary/aromatic N) is 3. The highest BCUT2D eigenvalue weighted by Gasteiger charge is 2.34. The van der Waals surface area contributed by atoms with Gasteiger partial charge in [0.25, 0.3) is 0 Å². The van der Waals surface area contributed by atoms with E-state index in [4.69, 9.17) is 0 Å². The number of aliphatic carboxylic acids is 1. The van der Waals surface area contributed by atoms with Crippen LogP contribution in [0.5, 0.6) is 0 Å². The molecule has 2 heterocycles. The van der Waals surface area contributed by atoms with Gasteiger partial charge in [0.05, 0.1) is 0 Å². The van der Waals surface area contributed by atoms with Gasteiger partial charge in [0.15, 0.2) is 0 Å². The highest BCUT2D eigenvalue weighted by Crippen LogP contribution is 2.23. The Bertz CT molecular complexity index is 430. The molecule has 98 valence electrons. The Morgan fingerprint density at radius 2 is 2.28 bits per heavy atom. The van der Waals surface area contributed by atoms with Crippen LogP contribution in [0, 0.1) is 5.92 Å². The van der Waals surface area contributed by atoms with Crippen LogP contribution in [0.2, 0.25) is 0 Å². The molecule has 0 saturated carbocycles. The van der Waals surface area contributed by atoms with Crippen molar-refractivity contribution in [3.63, 3.8) is 0 Å². The van der Waals surface area contributed by atoms with Crippen molar-refractivity contribution in [2.24, 2.45) is 5.92 Å². The van der Waals surface area contributed by atoms with E-state index in [1.165, 1.54) is 9.58 Å². The van der Waals surface area contributed by atoms with Crippen LogP contribution in [-0.2, 0) is 16.1 Å². The Morgan fingerprint density at radius 3 is 2.89 bits per heavy atom. The summed E-state index contributed by atoms with van der Waals surface area (Å²) in [6.45, 7) is 2.63. The van der Waals surface area contributed by atoms with Crippen molar-refractivity contribution in [1.82, 2.24) is 14.7 Å². The molecule has 0 aliphatic carbocycles. The molecule has 1 aromatic rings. The molecular formula is C12H17N3O3. The highest BCUT2D eigenvalue weighted by atomic mass is 16.4. The van der Waals surface area contributed by atoms with Gasteiger partial charge in [-0.1, -0.05) is 6.92 Å². The van der Waals surface area contributed by atoms with Crippen LogP contribution in [0.1, 0.15) is 19.8 Å². The van der Waals surface area contributed by atoms with Crippen LogP contribution in [0.15, 0.2) is 18.5 Å². The van der Waals surface area contributed by atoms with Crippen molar-refractivity contribution < 1.29 is 14.7 Å². The maximum atomic E-state index is 12.1. The summed E-state index contributed by atoms with van der Waals surface area (Å²) in [5.41, 5.74) is 0. The molecule has 2 atom stereocenters. The SMILES string of the molecule is CC1CCN(C(=O)Cn2cccn2)C(C(=O)O)C1. The second-order valence-electron chi connectivity index (χ2n) is 4.77. The van der Waals surface area contributed by atoms with Crippen LogP contribution in [0.3, 0.4) is 0 Å². The van der Waals surface area contributed by atoms with E-state index in [0.717, 1.165) is 6.42 Å². The third kappa shape index (κ3) is 2.69. The van der Waals surface area contributed by atoms with Crippen LogP contribution in [0.4, 0.5) is 0 Å². The summed E-state index contributed by atoms with van der Waals surface area (Å²) in [6, 6.07) is 1.04. The second-order valence-corrected chi connectivity index (χ2v) is 4.77. The number of likely N-dealkylation sites (tertiary alicyclic amines) is 1. The van der Waals surface area contributed by atoms with Gasteiger partial charge in [0.2, 0.25) is 5.91 Å². The minimum absolute atomic E-state index is 0.102. The Morgan fingerprint density at radius 1 is 1.50 bits per heavy atom. The average Bonchev–Trinajstić information content (AvgIpc) is 2.81. The van der Waals surface area contributed by atoms with Gasteiger partial charge in [-0.15, -0.1) is 0 Å². The Balaban J connectivity index is 2.05. The molecular weight excluding hydrogens is 234 g/mol. The van der Waals surface area contributed by atoms with Crippen LogP contribution in [0.25, 0.3) is 0 Å². The number of carbonyl (C=O) groups excluding carboxylic acids is 1. The van der Waals surface area contributed by atoms with Crippen molar-refractivity contribution in [1.29, 1.82) is 0 Å². The van der Waals surface area contributed by atoms with Crippen LogP contribution >= 0.6 is 0 Å². The monoisotopic (exact) mass is 251 g/mol. The molecule has 6 nitrogen and oxygen atoms in total. The summed E-state index contributed by atoms with van der Waals surface area (Å²) in [6.07, 6.45) is 4.68. The molecule has 0 radical (unpaired) electrons. The first-order valence-electron chi connectivity index (χ1n) is 6.07. The van der Waals surface area contributed by atoms with Crippen LogP contribution in [-0.4, -0.2) is 44.3 Å². The number of carboxylic acid groups (broad SMARTS) is 1. The minimum atomic E-state index is -0.921. The third-order valence-electron chi connectivity index (χ3n) is 3.33. The maximum Gasteiger partial charge on any atom is 0.326 e. The predicted octanol–water partition coefficient (Wildman–Crippen LogP) is 0.595. The number of carbonyl (C=O) groups is 2. The van der Waals surface area contributed by atoms with E-state index in [1.54, 1.807) is 18.5 Å². The zero-order valence-corrected chi connectivity index (χ0v) is 10.3. The molecule has 1 amide bonds. The summed E-state index contributed by atoms with van der Waals surface area (Å²) in [5.74, 6) is -0.756. The zero-order valence-electron chi connectivity index (χ0n) is 10.3. The van der Waals surface area contributed by atoms with Gasteiger partial charge >= 0.3 is 5.97 Å². The van der Waals surface area contributed by atoms with E-state index in [-0.39, 0.29) is 12.5 Å². The first-order valence-corrected chi connectivity index (χ1v) is 6.07. The molecule has 6 heteroatoms. The van der Waals surface area contributed by atoms with Crippen molar-refractivity contribution in [2.45, 2.75) is 32.4 Å². The fourth-order valence-electron chi connectivity index (χ4n) is 2.30. The number of hydrogen-bond acceptors (Lipinski definition) is 3. The molecule has 1 aliphatic heterocycles. The predicted molar refractivity (Wildman–Crippen MR) is 63.8 cm³/mol. The van der Waals surface area contributed by atoms with E-state index in [2.05, 4.69) is 5.10 Å².